The predicted octanol–water partition coefficient (Wildman–Crippen LogP) is 3.00. The van der Waals surface area contributed by atoms with Crippen LogP contribution >= 0.6 is 0 Å². The topological polar surface area (TPSA) is 39.2 Å². The molecule has 17 heavy (non-hydrogen) atoms. The number of rotatable bonds is 3. The largest absolute Gasteiger partial charge is 0.370 e. The maximum absolute atomic E-state index is 12.5. The van der Waals surface area contributed by atoms with Gasteiger partial charge in [-0.25, -0.2) is 0 Å². The maximum Gasteiger partial charge on any atom is 0.196 e. The third-order valence-electron chi connectivity index (χ3n) is 3.64. The smallest absolute Gasteiger partial charge is 0.196 e. The van der Waals surface area contributed by atoms with Crippen molar-refractivity contribution in [2.75, 3.05) is 7.11 Å². The van der Waals surface area contributed by atoms with E-state index in [9.17, 15) is 4.79 Å². The Morgan fingerprint density at radius 2 is 2.00 bits per heavy atom. The zero-order chi connectivity index (χ0) is 12.1. The molecule has 1 fully saturated rings. The van der Waals surface area contributed by atoms with Crippen molar-refractivity contribution in [3.8, 4) is 0 Å². The molecule has 0 atom stereocenters. The Morgan fingerprint density at radius 3 is 2.53 bits per heavy atom. The first-order valence-electron chi connectivity index (χ1n) is 6.28. The van der Waals surface area contributed by atoms with Crippen LogP contribution in [0, 0.1) is 0 Å². The summed E-state index contributed by atoms with van der Waals surface area (Å²) >= 11 is 0. The number of nitrogens with zero attached hydrogens (tertiary/aromatic N) is 1. The number of aromatic nitrogens is 1. The molecule has 1 aromatic heterocycles. The highest BCUT2D eigenvalue weighted by Crippen LogP contribution is 2.32. The maximum atomic E-state index is 12.5. The number of hydrogen-bond donors (Lipinski definition) is 0. The molecule has 1 aliphatic rings. The number of ether oxygens (including phenoxy) is 1. The van der Waals surface area contributed by atoms with Crippen LogP contribution in [0.25, 0.3) is 0 Å². The van der Waals surface area contributed by atoms with Gasteiger partial charge in [0.15, 0.2) is 5.78 Å². The lowest BCUT2D eigenvalue weighted by atomic mass is 9.86. The second-order valence-electron chi connectivity index (χ2n) is 4.68. The fourth-order valence-electron chi connectivity index (χ4n) is 2.58. The van der Waals surface area contributed by atoms with E-state index < -0.39 is 5.60 Å². The second kappa shape index (κ2) is 5.41. The summed E-state index contributed by atoms with van der Waals surface area (Å²) in [6.07, 6.45) is 9.52. The van der Waals surface area contributed by atoms with Gasteiger partial charge in [-0.2, -0.15) is 0 Å². The minimum atomic E-state index is -0.612. The Hall–Kier alpha value is -1.22. The van der Waals surface area contributed by atoms with Gasteiger partial charge in [0, 0.05) is 25.1 Å². The average molecular weight is 233 g/mol. The van der Waals surface area contributed by atoms with E-state index >= 15 is 0 Å². The lowest BCUT2D eigenvalue weighted by Gasteiger charge is -2.29. The second-order valence-corrected chi connectivity index (χ2v) is 4.68. The minimum Gasteiger partial charge on any atom is -0.370 e. The monoisotopic (exact) mass is 233 g/mol. The summed E-state index contributed by atoms with van der Waals surface area (Å²) in [5.74, 6) is 0.0926. The third-order valence-corrected chi connectivity index (χ3v) is 3.64. The van der Waals surface area contributed by atoms with Crippen molar-refractivity contribution in [2.24, 2.45) is 0 Å². The Balaban J connectivity index is 2.25. The molecule has 0 N–H and O–H groups in total. The number of ketones is 1. The molecule has 3 nitrogen and oxygen atoms in total. The van der Waals surface area contributed by atoms with Crippen molar-refractivity contribution in [2.45, 2.75) is 44.1 Å². The van der Waals surface area contributed by atoms with E-state index in [0.717, 1.165) is 25.7 Å². The first-order valence-corrected chi connectivity index (χ1v) is 6.28. The van der Waals surface area contributed by atoms with Gasteiger partial charge in [-0.15, -0.1) is 0 Å². The van der Waals surface area contributed by atoms with Gasteiger partial charge >= 0.3 is 0 Å². The predicted molar refractivity (Wildman–Crippen MR) is 66.0 cm³/mol. The van der Waals surface area contributed by atoms with E-state index in [1.165, 1.54) is 12.8 Å². The fraction of sp³-hybridized carbons (Fsp3) is 0.571. The average Bonchev–Trinajstić information content (AvgIpc) is 2.65. The summed E-state index contributed by atoms with van der Waals surface area (Å²) in [5, 5.41) is 0. The number of methoxy groups -OCH3 is 1. The minimum absolute atomic E-state index is 0.0926. The molecule has 0 aliphatic heterocycles. The molecule has 0 saturated heterocycles. The van der Waals surface area contributed by atoms with Crippen LogP contribution in [0.15, 0.2) is 24.5 Å². The van der Waals surface area contributed by atoms with E-state index in [1.54, 1.807) is 25.6 Å². The highest BCUT2D eigenvalue weighted by molar-refractivity contribution is 6.02. The zero-order valence-corrected chi connectivity index (χ0v) is 10.3. The van der Waals surface area contributed by atoms with Gasteiger partial charge in [0.25, 0.3) is 0 Å². The van der Waals surface area contributed by atoms with Crippen LogP contribution < -0.4 is 0 Å². The molecule has 0 bridgehead atoms. The Kier molecular flexibility index (Phi) is 3.89. The van der Waals surface area contributed by atoms with E-state index in [-0.39, 0.29) is 5.78 Å². The highest BCUT2D eigenvalue weighted by Gasteiger charge is 2.38. The Bertz CT molecular complexity index is 367. The van der Waals surface area contributed by atoms with Crippen molar-refractivity contribution in [1.29, 1.82) is 0 Å². The summed E-state index contributed by atoms with van der Waals surface area (Å²) in [6.45, 7) is 0. The Labute approximate surface area is 102 Å². The fourth-order valence-corrected chi connectivity index (χ4v) is 2.58. The summed E-state index contributed by atoms with van der Waals surface area (Å²) < 4.78 is 5.60. The quantitative estimate of drug-likeness (QED) is 0.595. The first-order chi connectivity index (χ1) is 8.28. The van der Waals surface area contributed by atoms with Gasteiger partial charge in [-0.3, -0.25) is 9.78 Å². The third kappa shape index (κ3) is 2.55. The van der Waals surface area contributed by atoms with Gasteiger partial charge in [-0.05, 0) is 25.0 Å². The van der Waals surface area contributed by atoms with E-state index in [2.05, 4.69) is 4.98 Å². The summed E-state index contributed by atoms with van der Waals surface area (Å²) in [5.41, 5.74) is 0.0516. The number of hydrogen-bond acceptors (Lipinski definition) is 3. The molecular weight excluding hydrogens is 214 g/mol. The lowest BCUT2D eigenvalue weighted by Crippen LogP contribution is -2.40. The van der Waals surface area contributed by atoms with Crippen LogP contribution in [-0.2, 0) is 4.74 Å². The standard InChI is InChI=1S/C14H19NO2/c1-17-14(8-4-2-3-5-9-14)13(16)12-7-6-10-15-11-12/h6-7,10-11H,2-5,8-9H2,1H3. The molecule has 1 heterocycles. The summed E-state index contributed by atoms with van der Waals surface area (Å²) in [4.78, 5) is 16.6. The van der Waals surface area contributed by atoms with Gasteiger partial charge in [0.1, 0.15) is 5.60 Å². The number of carbonyl (C=O) groups is 1. The molecule has 0 radical (unpaired) electrons. The van der Waals surface area contributed by atoms with Crippen molar-refractivity contribution in [3.63, 3.8) is 0 Å². The molecule has 0 spiro atoms. The van der Waals surface area contributed by atoms with Gasteiger partial charge in [0.2, 0.25) is 0 Å². The van der Waals surface area contributed by atoms with Crippen LogP contribution in [0.4, 0.5) is 0 Å². The molecule has 0 unspecified atom stereocenters. The molecule has 92 valence electrons. The van der Waals surface area contributed by atoms with Crippen molar-refractivity contribution < 1.29 is 9.53 Å². The number of carbonyl (C=O) groups excluding carboxylic acids is 1. The van der Waals surface area contributed by atoms with E-state index in [1.807, 2.05) is 6.07 Å². The van der Waals surface area contributed by atoms with Crippen molar-refractivity contribution in [1.82, 2.24) is 4.98 Å². The Morgan fingerprint density at radius 1 is 1.29 bits per heavy atom. The van der Waals surface area contributed by atoms with Gasteiger partial charge in [-0.1, -0.05) is 25.7 Å². The van der Waals surface area contributed by atoms with Gasteiger partial charge < -0.3 is 4.74 Å². The molecule has 0 amide bonds. The molecule has 1 aliphatic carbocycles. The van der Waals surface area contributed by atoms with Gasteiger partial charge in [0.05, 0.1) is 0 Å². The normalized spacial score (nSPS) is 19.6. The van der Waals surface area contributed by atoms with Crippen LogP contribution in [0.3, 0.4) is 0 Å². The molecular formula is C14H19NO2. The van der Waals surface area contributed by atoms with E-state index in [4.69, 9.17) is 4.74 Å². The highest BCUT2D eigenvalue weighted by atomic mass is 16.5. The van der Waals surface area contributed by atoms with Crippen molar-refractivity contribution >= 4 is 5.78 Å². The van der Waals surface area contributed by atoms with Crippen LogP contribution in [0.5, 0.6) is 0 Å². The molecule has 0 aromatic carbocycles. The van der Waals surface area contributed by atoms with Crippen LogP contribution in [0.2, 0.25) is 0 Å². The SMILES string of the molecule is COC1(C(=O)c2cccnc2)CCCCCC1. The van der Waals surface area contributed by atoms with Crippen LogP contribution in [0.1, 0.15) is 48.9 Å². The molecule has 3 heteroatoms. The zero-order valence-electron chi connectivity index (χ0n) is 10.3. The summed E-state index contributed by atoms with van der Waals surface area (Å²) in [6, 6.07) is 3.62. The summed E-state index contributed by atoms with van der Waals surface area (Å²) in [7, 11) is 1.65. The molecule has 2 rings (SSSR count). The first kappa shape index (κ1) is 12.2. The van der Waals surface area contributed by atoms with E-state index in [0.29, 0.717) is 5.56 Å². The number of Topliss-reactive ketones (excluding diaryl/α,β-unsaturated/α-hetero) is 1. The number of pyridine rings is 1. The van der Waals surface area contributed by atoms with Crippen molar-refractivity contribution in [3.05, 3.63) is 30.1 Å². The molecule has 1 saturated carbocycles. The lowest BCUT2D eigenvalue weighted by molar-refractivity contribution is -0.00695. The molecule has 1 aromatic rings. The van der Waals surface area contributed by atoms with Crippen LogP contribution in [-0.4, -0.2) is 23.5 Å².